The highest BCUT2D eigenvalue weighted by molar-refractivity contribution is 4.95. The van der Waals surface area contributed by atoms with Crippen LogP contribution < -0.4 is 5.73 Å². The van der Waals surface area contributed by atoms with Crippen LogP contribution >= 0.6 is 0 Å². The fourth-order valence-electron chi connectivity index (χ4n) is 0.380. The molecule has 2 heteroatoms. The summed E-state index contributed by atoms with van der Waals surface area (Å²) in [5.74, 6) is 0.778. The molecule has 0 amide bonds. The van der Waals surface area contributed by atoms with Crippen LogP contribution in [-0.4, -0.2) is 0 Å². The van der Waals surface area contributed by atoms with Gasteiger partial charge in [-0.05, 0) is 12.1 Å². The van der Waals surface area contributed by atoms with Crippen LogP contribution in [0.2, 0.25) is 0 Å². The first-order valence-electron chi connectivity index (χ1n) is 2.08. The Hall–Kier alpha value is -0.760. The van der Waals surface area contributed by atoms with Crippen LogP contribution in [0.1, 0.15) is 5.76 Å². The van der Waals surface area contributed by atoms with Gasteiger partial charge in [0.1, 0.15) is 5.76 Å². The Balaban J connectivity index is 2.76. The summed E-state index contributed by atoms with van der Waals surface area (Å²) in [7, 11) is 0. The largest absolute Gasteiger partial charge is 0.456 e. The zero-order chi connectivity index (χ0) is 5.11. The lowest BCUT2D eigenvalue weighted by molar-refractivity contribution is 0.505. The SMILES string of the molecule is NCc1cc[c]o1. The van der Waals surface area contributed by atoms with Gasteiger partial charge in [0.25, 0.3) is 0 Å². The Kier molecular flexibility index (Phi) is 1.13. The molecule has 1 radical (unpaired) electrons. The zero-order valence-electron chi connectivity index (χ0n) is 3.85. The normalized spacial score (nSPS) is 9.29. The molecule has 2 nitrogen and oxygen atoms in total. The van der Waals surface area contributed by atoms with Gasteiger partial charge in [-0.25, -0.2) is 0 Å². The molecule has 0 fully saturated rings. The van der Waals surface area contributed by atoms with Crippen LogP contribution in [0.4, 0.5) is 0 Å². The molecule has 0 bridgehead atoms. The zero-order valence-corrected chi connectivity index (χ0v) is 3.85. The van der Waals surface area contributed by atoms with E-state index in [4.69, 9.17) is 10.2 Å². The molecular weight excluding hydrogens is 90.1 g/mol. The minimum atomic E-state index is 0.462. The highest BCUT2D eigenvalue weighted by atomic mass is 16.3. The van der Waals surface area contributed by atoms with E-state index in [0.717, 1.165) is 5.76 Å². The average Bonchev–Trinajstić information content (AvgIpc) is 2.14. The molecule has 1 heterocycles. The van der Waals surface area contributed by atoms with Crippen molar-refractivity contribution in [2.45, 2.75) is 6.54 Å². The smallest absolute Gasteiger partial charge is 0.169 e. The van der Waals surface area contributed by atoms with Crippen LogP contribution in [-0.2, 0) is 6.54 Å². The summed E-state index contributed by atoms with van der Waals surface area (Å²) in [5.41, 5.74) is 5.18. The number of rotatable bonds is 1. The third kappa shape index (κ3) is 0.810. The van der Waals surface area contributed by atoms with E-state index in [2.05, 4.69) is 6.26 Å². The van der Waals surface area contributed by atoms with Gasteiger partial charge in [-0.15, -0.1) is 0 Å². The predicted octanol–water partition coefficient (Wildman–Crippen LogP) is 0.538. The van der Waals surface area contributed by atoms with E-state index in [9.17, 15) is 0 Å². The molecule has 0 aliphatic carbocycles. The van der Waals surface area contributed by atoms with Crippen molar-refractivity contribution in [1.29, 1.82) is 0 Å². The summed E-state index contributed by atoms with van der Waals surface area (Å²) < 4.78 is 4.73. The van der Waals surface area contributed by atoms with Crippen molar-refractivity contribution in [1.82, 2.24) is 0 Å². The lowest BCUT2D eigenvalue weighted by Crippen LogP contribution is -1.92. The van der Waals surface area contributed by atoms with Gasteiger partial charge in [-0.1, -0.05) is 0 Å². The van der Waals surface area contributed by atoms with E-state index in [1.54, 1.807) is 12.1 Å². The minimum Gasteiger partial charge on any atom is -0.456 e. The Morgan fingerprint density at radius 3 is 3.00 bits per heavy atom. The monoisotopic (exact) mass is 96.0 g/mol. The van der Waals surface area contributed by atoms with E-state index in [0.29, 0.717) is 6.54 Å². The van der Waals surface area contributed by atoms with Crippen molar-refractivity contribution in [2.75, 3.05) is 0 Å². The molecule has 1 aromatic heterocycles. The summed E-state index contributed by atoms with van der Waals surface area (Å²) in [6.45, 7) is 0.462. The van der Waals surface area contributed by atoms with Gasteiger partial charge in [0, 0.05) is 0 Å². The fourth-order valence-corrected chi connectivity index (χ4v) is 0.380. The van der Waals surface area contributed by atoms with E-state index in [-0.39, 0.29) is 0 Å². The molecule has 0 aromatic carbocycles. The first-order valence-corrected chi connectivity index (χ1v) is 2.08. The maximum absolute atomic E-state index is 5.18. The Morgan fingerprint density at radius 2 is 2.71 bits per heavy atom. The van der Waals surface area contributed by atoms with Gasteiger partial charge in [-0.2, -0.15) is 0 Å². The van der Waals surface area contributed by atoms with Crippen molar-refractivity contribution in [3.8, 4) is 0 Å². The van der Waals surface area contributed by atoms with Crippen LogP contribution in [0.25, 0.3) is 0 Å². The molecule has 1 rings (SSSR count). The van der Waals surface area contributed by atoms with Crippen molar-refractivity contribution in [3.63, 3.8) is 0 Å². The van der Waals surface area contributed by atoms with Crippen LogP contribution in [0.15, 0.2) is 16.5 Å². The molecule has 1 aromatic rings. The van der Waals surface area contributed by atoms with Gasteiger partial charge >= 0.3 is 0 Å². The molecule has 0 atom stereocenters. The summed E-state index contributed by atoms with van der Waals surface area (Å²) in [4.78, 5) is 0. The third-order valence-corrected chi connectivity index (χ3v) is 0.728. The molecule has 37 valence electrons. The van der Waals surface area contributed by atoms with E-state index in [1.807, 2.05) is 0 Å². The molecular formula is C5H6NO. The van der Waals surface area contributed by atoms with Gasteiger partial charge < -0.3 is 10.2 Å². The first kappa shape index (κ1) is 4.40. The maximum Gasteiger partial charge on any atom is 0.169 e. The standard InChI is InChI=1S/C5H6NO/c6-4-5-2-1-3-7-5/h1-2H,4,6H2. The van der Waals surface area contributed by atoms with Gasteiger partial charge in [0.05, 0.1) is 6.54 Å². The maximum atomic E-state index is 5.18. The molecule has 0 aliphatic heterocycles. The number of hydrogen-bond donors (Lipinski definition) is 1. The molecule has 0 unspecified atom stereocenters. The molecule has 2 N–H and O–H groups in total. The van der Waals surface area contributed by atoms with Crippen LogP contribution in [0, 0.1) is 6.26 Å². The molecule has 0 spiro atoms. The Morgan fingerprint density at radius 1 is 1.86 bits per heavy atom. The molecule has 7 heavy (non-hydrogen) atoms. The average molecular weight is 96.1 g/mol. The lowest BCUT2D eigenvalue weighted by Gasteiger charge is -1.79. The Bertz CT molecular complexity index is 123. The van der Waals surface area contributed by atoms with E-state index in [1.165, 1.54) is 0 Å². The van der Waals surface area contributed by atoms with Gasteiger partial charge in [-0.3, -0.25) is 0 Å². The van der Waals surface area contributed by atoms with Gasteiger partial charge in [0.2, 0.25) is 0 Å². The molecule has 0 saturated heterocycles. The van der Waals surface area contributed by atoms with Crippen LogP contribution in [0.3, 0.4) is 0 Å². The van der Waals surface area contributed by atoms with Crippen molar-refractivity contribution < 1.29 is 4.42 Å². The van der Waals surface area contributed by atoms with Crippen LogP contribution in [0.5, 0.6) is 0 Å². The van der Waals surface area contributed by atoms with E-state index < -0.39 is 0 Å². The fraction of sp³-hybridized carbons (Fsp3) is 0.200. The number of furan rings is 1. The summed E-state index contributed by atoms with van der Waals surface area (Å²) in [6, 6.07) is 3.49. The second-order valence-corrected chi connectivity index (χ2v) is 1.22. The number of nitrogens with two attached hydrogens (primary N) is 1. The highest BCUT2D eigenvalue weighted by Crippen LogP contribution is 1.94. The highest BCUT2D eigenvalue weighted by Gasteiger charge is 1.85. The van der Waals surface area contributed by atoms with E-state index >= 15 is 0 Å². The third-order valence-electron chi connectivity index (χ3n) is 0.728. The lowest BCUT2D eigenvalue weighted by atomic mass is 10.5. The summed E-state index contributed by atoms with van der Waals surface area (Å²) >= 11 is 0. The second-order valence-electron chi connectivity index (χ2n) is 1.22. The molecule has 0 aliphatic rings. The van der Waals surface area contributed by atoms with Crippen molar-refractivity contribution in [2.24, 2.45) is 5.73 Å². The minimum absolute atomic E-state index is 0.462. The first-order chi connectivity index (χ1) is 3.43. The summed E-state index contributed by atoms with van der Waals surface area (Å²) in [6.07, 6.45) is 2.53. The quantitative estimate of drug-likeness (QED) is 0.554. The summed E-state index contributed by atoms with van der Waals surface area (Å²) in [5, 5.41) is 0. The van der Waals surface area contributed by atoms with Gasteiger partial charge in [0.15, 0.2) is 6.26 Å². The Labute approximate surface area is 41.9 Å². The predicted molar refractivity (Wildman–Crippen MR) is 25.4 cm³/mol. The second kappa shape index (κ2) is 1.80. The van der Waals surface area contributed by atoms with Crippen molar-refractivity contribution >= 4 is 0 Å². The topological polar surface area (TPSA) is 39.2 Å². The van der Waals surface area contributed by atoms with Crippen molar-refractivity contribution in [3.05, 3.63) is 24.2 Å². The number of hydrogen-bond acceptors (Lipinski definition) is 2. The molecule has 0 saturated carbocycles.